The van der Waals surface area contributed by atoms with Crippen molar-refractivity contribution in [3.63, 3.8) is 0 Å². The normalized spacial score (nSPS) is 19.9. The molecule has 2 aromatic carbocycles. The zero-order valence-electron chi connectivity index (χ0n) is 17.0. The Balaban J connectivity index is 1.58. The van der Waals surface area contributed by atoms with Crippen LogP contribution in [0.25, 0.3) is 6.08 Å². The van der Waals surface area contributed by atoms with Crippen molar-refractivity contribution in [1.29, 1.82) is 0 Å². The Labute approximate surface area is 177 Å². The third-order valence-corrected chi connectivity index (χ3v) is 6.09. The van der Waals surface area contributed by atoms with Gasteiger partial charge < -0.3 is 4.90 Å². The first-order valence-electron chi connectivity index (χ1n) is 10.3. The number of nitrogens with zero attached hydrogens (tertiary/aromatic N) is 3. The summed E-state index contributed by atoms with van der Waals surface area (Å²) in [6.45, 7) is 7.19. The average Bonchev–Trinajstić information content (AvgIpc) is 3.34. The second-order valence-corrected chi connectivity index (χ2v) is 8.94. The highest BCUT2D eigenvalue weighted by Gasteiger charge is 2.33. The van der Waals surface area contributed by atoms with Crippen molar-refractivity contribution in [3.05, 3.63) is 65.1 Å². The number of carbonyl (C=O) groups excluding carboxylic acids is 1. The maximum absolute atomic E-state index is 13.1. The summed E-state index contributed by atoms with van der Waals surface area (Å²) in [5, 5.41) is 0.759. The highest BCUT2D eigenvalue weighted by Crippen LogP contribution is 2.35. The van der Waals surface area contributed by atoms with Crippen molar-refractivity contribution in [2.24, 2.45) is 10.9 Å². The van der Waals surface area contributed by atoms with Crippen molar-refractivity contribution in [2.45, 2.75) is 26.7 Å². The van der Waals surface area contributed by atoms with Crippen LogP contribution in [-0.4, -0.2) is 35.6 Å². The molecule has 2 aliphatic heterocycles. The van der Waals surface area contributed by atoms with Gasteiger partial charge in [-0.1, -0.05) is 44.2 Å². The largest absolute Gasteiger partial charge is 0.372 e. The summed E-state index contributed by atoms with van der Waals surface area (Å²) in [4.78, 5) is 22.8. The molecule has 0 aromatic heterocycles. The van der Waals surface area contributed by atoms with E-state index in [2.05, 4.69) is 43.0 Å². The van der Waals surface area contributed by atoms with E-state index < -0.39 is 0 Å². The van der Waals surface area contributed by atoms with Gasteiger partial charge in [-0.2, -0.15) is 0 Å². The van der Waals surface area contributed by atoms with Crippen LogP contribution < -0.4 is 4.90 Å². The molecule has 2 fully saturated rings. The zero-order chi connectivity index (χ0) is 20.2. The van der Waals surface area contributed by atoms with Crippen LogP contribution in [0, 0.1) is 5.92 Å². The van der Waals surface area contributed by atoms with Crippen LogP contribution >= 0.6 is 11.8 Å². The minimum Gasteiger partial charge on any atom is -0.372 e. The van der Waals surface area contributed by atoms with Crippen molar-refractivity contribution in [1.82, 2.24) is 4.90 Å². The smallest absolute Gasteiger partial charge is 0.266 e. The minimum absolute atomic E-state index is 0.0435. The van der Waals surface area contributed by atoms with E-state index in [4.69, 9.17) is 4.99 Å². The number of hydrogen-bond acceptors (Lipinski definition) is 4. The minimum atomic E-state index is 0.0435. The van der Waals surface area contributed by atoms with Gasteiger partial charge in [0.15, 0.2) is 5.17 Å². The van der Waals surface area contributed by atoms with Gasteiger partial charge in [-0.05, 0) is 66.4 Å². The van der Waals surface area contributed by atoms with Crippen LogP contribution in [0.2, 0.25) is 0 Å². The molecule has 2 aliphatic rings. The summed E-state index contributed by atoms with van der Waals surface area (Å²) in [7, 11) is 0. The van der Waals surface area contributed by atoms with Crippen molar-refractivity contribution in [2.75, 3.05) is 24.5 Å². The second-order valence-electron chi connectivity index (χ2n) is 7.94. The third-order valence-electron chi connectivity index (χ3n) is 5.08. The molecule has 0 atom stereocenters. The Morgan fingerprint density at radius 1 is 1.03 bits per heavy atom. The van der Waals surface area contributed by atoms with E-state index in [1.54, 1.807) is 0 Å². The lowest BCUT2D eigenvalue weighted by atomic mass is 10.1. The van der Waals surface area contributed by atoms with Crippen LogP contribution in [0.15, 0.2) is 64.5 Å². The Kier molecular flexibility index (Phi) is 6.05. The predicted molar refractivity (Wildman–Crippen MR) is 124 cm³/mol. The number of thioether (sulfide) groups is 1. The van der Waals surface area contributed by atoms with Gasteiger partial charge in [-0.25, -0.2) is 4.99 Å². The van der Waals surface area contributed by atoms with E-state index in [1.165, 1.54) is 30.3 Å². The fourth-order valence-electron chi connectivity index (χ4n) is 3.64. The van der Waals surface area contributed by atoms with Gasteiger partial charge >= 0.3 is 0 Å². The molecule has 2 heterocycles. The number of benzene rings is 2. The summed E-state index contributed by atoms with van der Waals surface area (Å²) < 4.78 is 0. The Hall–Kier alpha value is -2.53. The first-order valence-corrected chi connectivity index (χ1v) is 11.1. The molecule has 4 nitrogen and oxygen atoms in total. The van der Waals surface area contributed by atoms with Gasteiger partial charge in [0.05, 0.1) is 10.6 Å². The number of hydrogen-bond donors (Lipinski definition) is 0. The van der Waals surface area contributed by atoms with E-state index in [1.807, 2.05) is 41.3 Å². The Morgan fingerprint density at radius 2 is 1.72 bits per heavy atom. The van der Waals surface area contributed by atoms with Crippen LogP contribution in [0.4, 0.5) is 11.4 Å². The van der Waals surface area contributed by atoms with Gasteiger partial charge in [-0.15, -0.1) is 0 Å². The van der Waals surface area contributed by atoms with Gasteiger partial charge in [0.25, 0.3) is 5.91 Å². The lowest BCUT2D eigenvalue weighted by Gasteiger charge is -2.18. The fraction of sp³-hybridized carbons (Fsp3) is 0.333. The number of carbonyl (C=O) groups is 1. The SMILES string of the molecule is CC(C)CN1C(=O)/C(=C/c2ccc(N3CCCC3)cc2)SC1=Nc1ccccc1. The van der Waals surface area contributed by atoms with Crippen LogP contribution in [0.1, 0.15) is 32.3 Å². The molecular weight excluding hydrogens is 378 g/mol. The van der Waals surface area contributed by atoms with Gasteiger partial charge in [0.1, 0.15) is 0 Å². The van der Waals surface area contributed by atoms with Crippen molar-refractivity contribution >= 4 is 40.3 Å². The van der Waals surface area contributed by atoms with Crippen LogP contribution in [-0.2, 0) is 4.79 Å². The van der Waals surface area contributed by atoms with Crippen LogP contribution in [0.5, 0.6) is 0 Å². The number of rotatable bonds is 5. The highest BCUT2D eigenvalue weighted by atomic mass is 32.2. The molecule has 29 heavy (non-hydrogen) atoms. The number of anilines is 1. The molecule has 0 spiro atoms. The summed E-state index contributed by atoms with van der Waals surface area (Å²) in [6.07, 6.45) is 4.53. The maximum Gasteiger partial charge on any atom is 0.266 e. The summed E-state index contributed by atoms with van der Waals surface area (Å²) in [5.74, 6) is 0.418. The molecule has 1 amide bonds. The van der Waals surface area contributed by atoms with E-state index in [-0.39, 0.29) is 5.91 Å². The molecule has 0 aliphatic carbocycles. The van der Waals surface area contributed by atoms with Gasteiger partial charge in [-0.3, -0.25) is 9.69 Å². The molecule has 2 aromatic rings. The summed E-state index contributed by atoms with van der Waals surface area (Å²) in [5.41, 5.74) is 3.19. The molecule has 0 N–H and O–H groups in total. The molecule has 0 bridgehead atoms. The standard InChI is InChI=1S/C24H27N3OS/c1-18(2)17-27-23(28)22(29-24(27)25-20-8-4-3-5-9-20)16-19-10-12-21(13-11-19)26-14-6-7-15-26/h3-5,8-13,16,18H,6-7,14-15,17H2,1-2H3/b22-16-,25-24?. The predicted octanol–water partition coefficient (Wildman–Crippen LogP) is 5.55. The number of amidine groups is 1. The zero-order valence-corrected chi connectivity index (χ0v) is 17.9. The molecule has 4 rings (SSSR count). The topological polar surface area (TPSA) is 35.9 Å². The second kappa shape index (κ2) is 8.87. The third kappa shape index (κ3) is 4.73. The van der Waals surface area contributed by atoms with Crippen molar-refractivity contribution < 1.29 is 4.79 Å². The van der Waals surface area contributed by atoms with Crippen LogP contribution in [0.3, 0.4) is 0 Å². The molecule has 150 valence electrons. The van der Waals surface area contributed by atoms with Gasteiger partial charge in [0.2, 0.25) is 0 Å². The first-order chi connectivity index (χ1) is 14.1. The van der Waals surface area contributed by atoms with E-state index in [0.717, 1.165) is 34.4 Å². The highest BCUT2D eigenvalue weighted by molar-refractivity contribution is 8.18. The number of amides is 1. The maximum atomic E-state index is 13.1. The molecular formula is C24H27N3OS. The lowest BCUT2D eigenvalue weighted by molar-refractivity contribution is -0.122. The van der Waals surface area contributed by atoms with Gasteiger partial charge in [0, 0.05) is 25.3 Å². The van der Waals surface area contributed by atoms with Crippen molar-refractivity contribution in [3.8, 4) is 0 Å². The van der Waals surface area contributed by atoms with E-state index >= 15 is 0 Å². The summed E-state index contributed by atoms with van der Waals surface area (Å²) in [6, 6.07) is 18.4. The number of aliphatic imine (C=N–C) groups is 1. The monoisotopic (exact) mass is 405 g/mol. The number of para-hydroxylation sites is 1. The molecule has 0 unspecified atom stereocenters. The quantitative estimate of drug-likeness (QED) is 0.612. The Morgan fingerprint density at radius 3 is 2.38 bits per heavy atom. The molecule has 5 heteroatoms. The lowest BCUT2D eigenvalue weighted by Crippen LogP contribution is -2.32. The fourth-order valence-corrected chi connectivity index (χ4v) is 4.65. The van der Waals surface area contributed by atoms with E-state index in [0.29, 0.717) is 12.5 Å². The molecule has 2 saturated heterocycles. The van der Waals surface area contributed by atoms with E-state index in [9.17, 15) is 4.79 Å². The average molecular weight is 406 g/mol. The summed E-state index contributed by atoms with van der Waals surface area (Å²) >= 11 is 1.47. The first kappa shape index (κ1) is 19.8. The Bertz CT molecular complexity index is 913. The molecule has 0 radical (unpaired) electrons. The molecule has 0 saturated carbocycles.